The Labute approximate surface area is 171 Å². The van der Waals surface area contributed by atoms with Gasteiger partial charge in [-0.15, -0.1) is 10.2 Å². The van der Waals surface area contributed by atoms with Crippen molar-refractivity contribution < 1.29 is 9.53 Å². The van der Waals surface area contributed by atoms with Crippen LogP contribution in [0, 0.1) is 0 Å². The Bertz CT molecular complexity index is 805. The van der Waals surface area contributed by atoms with Crippen molar-refractivity contribution in [2.24, 2.45) is 0 Å². The lowest BCUT2D eigenvalue weighted by Gasteiger charge is -2.27. The fourth-order valence-electron chi connectivity index (χ4n) is 3.22. The third-order valence-electron chi connectivity index (χ3n) is 4.99. The van der Waals surface area contributed by atoms with Crippen molar-refractivity contribution >= 4 is 23.5 Å². The summed E-state index contributed by atoms with van der Waals surface area (Å²) >= 11 is 1.47. The molecule has 3 rings (SSSR count). The summed E-state index contributed by atoms with van der Waals surface area (Å²) in [4.78, 5) is 15.1. The smallest absolute Gasteiger partial charge is 0.228 e. The molecule has 0 radical (unpaired) electrons. The quantitative estimate of drug-likeness (QED) is 0.541. The van der Waals surface area contributed by atoms with Gasteiger partial charge in [-0.25, -0.2) is 0 Å². The molecule has 1 aliphatic rings. The number of carbonyl (C=O) groups excluding carboxylic acids is 1. The van der Waals surface area contributed by atoms with Crippen LogP contribution in [0.15, 0.2) is 29.4 Å². The van der Waals surface area contributed by atoms with Crippen molar-refractivity contribution in [2.75, 3.05) is 31.2 Å². The van der Waals surface area contributed by atoms with Crippen molar-refractivity contribution in [3.63, 3.8) is 0 Å². The van der Waals surface area contributed by atoms with E-state index >= 15 is 0 Å². The van der Waals surface area contributed by atoms with Gasteiger partial charge in [0, 0.05) is 25.2 Å². The van der Waals surface area contributed by atoms with Gasteiger partial charge in [-0.1, -0.05) is 56.8 Å². The second-order valence-corrected chi connectivity index (χ2v) is 9.39. The lowest BCUT2D eigenvalue weighted by atomic mass is 9.86. The summed E-state index contributed by atoms with van der Waals surface area (Å²) in [6.45, 7) is 14.3. The van der Waals surface area contributed by atoms with E-state index in [1.165, 1.54) is 17.3 Å². The van der Waals surface area contributed by atoms with Crippen molar-refractivity contribution in [3.05, 3.63) is 35.4 Å². The minimum atomic E-state index is -0.229. The molecule has 28 heavy (non-hydrogen) atoms. The first-order valence-electron chi connectivity index (χ1n) is 9.88. The Morgan fingerprint density at radius 3 is 2.39 bits per heavy atom. The number of hydrogen-bond acceptors (Lipinski definition) is 6. The maximum Gasteiger partial charge on any atom is 0.228 e. The lowest BCUT2D eigenvalue weighted by Crippen LogP contribution is -2.38. The number of carbonyl (C=O) groups is 1. The summed E-state index contributed by atoms with van der Waals surface area (Å²) in [6.07, 6.45) is 0. The highest BCUT2D eigenvalue weighted by Gasteiger charge is 2.24. The number of rotatable bonds is 6. The van der Waals surface area contributed by atoms with Gasteiger partial charge in [0.05, 0.1) is 18.5 Å². The predicted octanol–water partition coefficient (Wildman–Crippen LogP) is 3.80. The van der Waals surface area contributed by atoms with Crippen LogP contribution < -0.4 is 4.90 Å². The molecule has 0 bridgehead atoms. The van der Waals surface area contributed by atoms with Crippen LogP contribution >= 0.6 is 11.8 Å². The number of ether oxygens (including phenoxy) is 1. The summed E-state index contributed by atoms with van der Waals surface area (Å²) in [5.41, 5.74) is 2.05. The fourth-order valence-corrected chi connectivity index (χ4v) is 4.21. The van der Waals surface area contributed by atoms with Gasteiger partial charge >= 0.3 is 0 Å². The summed E-state index contributed by atoms with van der Waals surface area (Å²) < 4.78 is 7.51. The molecule has 0 amide bonds. The Morgan fingerprint density at radius 2 is 1.82 bits per heavy atom. The van der Waals surface area contributed by atoms with Crippen LogP contribution in [0.2, 0.25) is 0 Å². The molecule has 152 valence electrons. The molecule has 1 aliphatic heterocycles. The van der Waals surface area contributed by atoms with E-state index in [0.717, 1.165) is 36.3 Å². The number of Topliss-reactive ketones (excluding diaryl/α,β-unsaturated/α-hetero) is 1. The maximum absolute atomic E-state index is 12.9. The molecule has 1 atom stereocenters. The normalized spacial score (nSPS) is 16.2. The van der Waals surface area contributed by atoms with Gasteiger partial charge in [0.2, 0.25) is 5.95 Å². The molecule has 7 heteroatoms. The Morgan fingerprint density at radius 1 is 1.18 bits per heavy atom. The number of morpholine rings is 1. The number of benzene rings is 1. The van der Waals surface area contributed by atoms with Crippen LogP contribution in [0.1, 0.15) is 50.5 Å². The highest BCUT2D eigenvalue weighted by molar-refractivity contribution is 8.00. The van der Waals surface area contributed by atoms with Gasteiger partial charge < -0.3 is 9.64 Å². The molecule has 0 saturated carbocycles. The molecule has 0 N–H and O–H groups in total. The zero-order chi connectivity index (χ0) is 20.3. The average molecular weight is 403 g/mol. The molecule has 1 saturated heterocycles. The largest absolute Gasteiger partial charge is 0.378 e. The Balaban J connectivity index is 1.72. The minimum Gasteiger partial charge on any atom is -0.378 e. The van der Waals surface area contributed by atoms with E-state index in [9.17, 15) is 4.79 Å². The van der Waals surface area contributed by atoms with Crippen LogP contribution in [-0.2, 0) is 16.7 Å². The monoisotopic (exact) mass is 402 g/mol. The first-order valence-corrected chi connectivity index (χ1v) is 10.8. The van der Waals surface area contributed by atoms with E-state index in [2.05, 4.69) is 59.5 Å². The van der Waals surface area contributed by atoms with Crippen LogP contribution in [0.5, 0.6) is 0 Å². The summed E-state index contributed by atoms with van der Waals surface area (Å²) in [7, 11) is 0. The average Bonchev–Trinajstić information content (AvgIpc) is 3.10. The molecule has 0 aliphatic carbocycles. The van der Waals surface area contributed by atoms with Crippen molar-refractivity contribution in [2.45, 2.75) is 57.0 Å². The molecular formula is C21H30N4O2S. The maximum atomic E-state index is 12.9. The lowest BCUT2D eigenvalue weighted by molar-refractivity contribution is 0.0993. The number of aromatic nitrogens is 3. The van der Waals surface area contributed by atoms with E-state index < -0.39 is 0 Å². The molecule has 1 aromatic carbocycles. The molecule has 2 heterocycles. The highest BCUT2D eigenvalue weighted by atomic mass is 32.2. The Hall–Kier alpha value is -1.86. The molecule has 1 aromatic heterocycles. The number of thioether (sulfide) groups is 1. The fraction of sp³-hybridized carbons (Fsp3) is 0.571. The molecule has 0 spiro atoms. The SMILES string of the molecule is CCn1c(S[C@H](C)C(=O)c2ccc(C(C)(C)C)cc2)nnc1N1CCOCC1. The zero-order valence-corrected chi connectivity index (χ0v) is 18.3. The number of hydrogen-bond donors (Lipinski definition) is 0. The van der Waals surface area contributed by atoms with Gasteiger partial charge in [0.1, 0.15) is 0 Å². The topological polar surface area (TPSA) is 60.2 Å². The van der Waals surface area contributed by atoms with Crippen LogP contribution in [0.3, 0.4) is 0 Å². The molecule has 6 nitrogen and oxygen atoms in total. The van der Waals surface area contributed by atoms with Crippen molar-refractivity contribution in [1.29, 1.82) is 0 Å². The van der Waals surface area contributed by atoms with E-state index in [1.54, 1.807) is 0 Å². The first kappa shape index (κ1) is 20.9. The Kier molecular flexibility index (Phi) is 6.45. The second kappa shape index (κ2) is 8.66. The van der Waals surface area contributed by atoms with E-state index in [4.69, 9.17) is 4.74 Å². The molecule has 0 unspecified atom stereocenters. The van der Waals surface area contributed by atoms with E-state index in [0.29, 0.717) is 13.2 Å². The standard InChI is InChI=1S/C21H30N4O2S/c1-6-25-19(24-11-13-27-14-12-24)22-23-20(25)28-15(2)18(26)16-7-9-17(10-8-16)21(3,4)5/h7-10,15H,6,11-14H2,1-5H3/t15-/m1/s1. The third kappa shape index (κ3) is 4.58. The summed E-state index contributed by atoms with van der Waals surface area (Å²) in [5, 5.41) is 9.31. The van der Waals surface area contributed by atoms with Gasteiger partial charge in [0.15, 0.2) is 10.9 Å². The molecule has 2 aromatic rings. The minimum absolute atomic E-state index is 0.0788. The van der Waals surface area contributed by atoms with E-state index in [-0.39, 0.29) is 16.4 Å². The van der Waals surface area contributed by atoms with Crippen molar-refractivity contribution in [1.82, 2.24) is 14.8 Å². The number of anilines is 1. The first-order chi connectivity index (χ1) is 13.3. The predicted molar refractivity (Wildman–Crippen MR) is 114 cm³/mol. The van der Waals surface area contributed by atoms with E-state index in [1.807, 2.05) is 19.1 Å². The van der Waals surface area contributed by atoms with Crippen LogP contribution in [0.4, 0.5) is 5.95 Å². The molecular weight excluding hydrogens is 372 g/mol. The van der Waals surface area contributed by atoms with Crippen LogP contribution in [-0.4, -0.2) is 52.1 Å². The van der Waals surface area contributed by atoms with Gasteiger partial charge in [-0.3, -0.25) is 9.36 Å². The summed E-state index contributed by atoms with van der Waals surface area (Å²) in [6, 6.07) is 7.97. The van der Waals surface area contributed by atoms with Crippen molar-refractivity contribution in [3.8, 4) is 0 Å². The second-order valence-electron chi connectivity index (χ2n) is 8.08. The van der Waals surface area contributed by atoms with Gasteiger partial charge in [-0.2, -0.15) is 0 Å². The van der Waals surface area contributed by atoms with Gasteiger partial charge in [-0.05, 0) is 24.8 Å². The molecule has 1 fully saturated rings. The van der Waals surface area contributed by atoms with Crippen LogP contribution in [0.25, 0.3) is 0 Å². The third-order valence-corrected chi connectivity index (χ3v) is 6.07. The number of ketones is 1. The summed E-state index contributed by atoms with van der Waals surface area (Å²) in [5.74, 6) is 0.978. The highest BCUT2D eigenvalue weighted by Crippen LogP contribution is 2.28. The van der Waals surface area contributed by atoms with Gasteiger partial charge in [0.25, 0.3) is 0 Å². The zero-order valence-electron chi connectivity index (χ0n) is 17.4. The number of nitrogens with zero attached hydrogens (tertiary/aromatic N) is 4.